The van der Waals surface area contributed by atoms with Gasteiger partial charge in [-0.3, -0.25) is 10.1 Å². The molecule has 1 N–H and O–H groups in total. The summed E-state index contributed by atoms with van der Waals surface area (Å²) in [5.74, 6) is -0.116. The second kappa shape index (κ2) is 4.97. The molecule has 0 aromatic rings. The third-order valence-electron chi connectivity index (χ3n) is 3.25. The minimum atomic E-state index is -0.528. The largest absolute Gasteiger partial charge is 0.460 e. The number of esters is 1. The summed E-state index contributed by atoms with van der Waals surface area (Å²) in [7, 11) is 0. The van der Waals surface area contributed by atoms with E-state index in [4.69, 9.17) is 9.99 Å². The summed E-state index contributed by atoms with van der Waals surface area (Å²) >= 11 is 0. The molecule has 0 saturated carbocycles. The Morgan fingerprint density at radius 1 is 1.56 bits per heavy atom. The fourth-order valence-electron chi connectivity index (χ4n) is 2.15. The van der Waals surface area contributed by atoms with Crippen molar-refractivity contribution in [2.75, 3.05) is 0 Å². The lowest BCUT2D eigenvalue weighted by Crippen LogP contribution is -2.40. The molecule has 4 nitrogen and oxygen atoms in total. The van der Waals surface area contributed by atoms with E-state index in [0.29, 0.717) is 6.42 Å². The van der Waals surface area contributed by atoms with E-state index in [1.165, 1.54) is 6.92 Å². The number of rotatable bonds is 3. The van der Waals surface area contributed by atoms with Crippen molar-refractivity contribution in [2.45, 2.75) is 52.2 Å². The molecule has 0 heterocycles. The van der Waals surface area contributed by atoms with Crippen LogP contribution in [0, 0.1) is 5.92 Å². The van der Waals surface area contributed by atoms with Crippen molar-refractivity contribution in [1.29, 1.82) is 0 Å². The van der Waals surface area contributed by atoms with Gasteiger partial charge in [-0.05, 0) is 39.2 Å². The molecule has 4 heteroatoms. The van der Waals surface area contributed by atoms with Gasteiger partial charge in [0.25, 0.3) is 0 Å². The summed E-state index contributed by atoms with van der Waals surface area (Å²) in [4.78, 5) is 15.4. The molecule has 0 aromatic heterocycles. The maximum absolute atomic E-state index is 11.0. The van der Waals surface area contributed by atoms with Crippen LogP contribution in [0.5, 0.6) is 0 Å². The van der Waals surface area contributed by atoms with Crippen molar-refractivity contribution in [2.24, 2.45) is 5.92 Å². The van der Waals surface area contributed by atoms with Crippen LogP contribution in [-0.2, 0) is 14.4 Å². The van der Waals surface area contributed by atoms with Gasteiger partial charge >= 0.3 is 5.97 Å². The van der Waals surface area contributed by atoms with Crippen LogP contribution in [0.25, 0.3) is 0 Å². The standard InChI is InChI=1S/C12H20O4/c1-8-5-6-10(7-11(8)16-14)12(3,4)15-9(2)13/h5,10-11,14H,6-7H2,1-4H3/t10-,11-/m1/s1. The van der Waals surface area contributed by atoms with E-state index in [1.807, 2.05) is 26.8 Å². The minimum absolute atomic E-state index is 0.164. The monoisotopic (exact) mass is 228 g/mol. The molecule has 0 spiro atoms. The van der Waals surface area contributed by atoms with Gasteiger partial charge in [0, 0.05) is 12.8 Å². The average molecular weight is 228 g/mol. The Labute approximate surface area is 96.2 Å². The molecule has 0 saturated heterocycles. The van der Waals surface area contributed by atoms with Crippen molar-refractivity contribution >= 4 is 5.97 Å². The second-order valence-electron chi connectivity index (χ2n) is 4.91. The van der Waals surface area contributed by atoms with Crippen LogP contribution < -0.4 is 0 Å². The van der Waals surface area contributed by atoms with Crippen molar-refractivity contribution in [3.8, 4) is 0 Å². The quantitative estimate of drug-likeness (QED) is 0.349. The normalized spacial score (nSPS) is 26.2. The molecule has 0 bridgehead atoms. The third-order valence-corrected chi connectivity index (χ3v) is 3.25. The molecule has 0 aromatic carbocycles. The van der Waals surface area contributed by atoms with Crippen LogP contribution in [0.1, 0.15) is 40.5 Å². The molecule has 0 fully saturated rings. The Morgan fingerprint density at radius 2 is 2.19 bits per heavy atom. The van der Waals surface area contributed by atoms with E-state index < -0.39 is 5.60 Å². The molecule has 1 aliphatic carbocycles. The van der Waals surface area contributed by atoms with Gasteiger partial charge in [-0.15, -0.1) is 0 Å². The number of ether oxygens (including phenoxy) is 1. The molecular formula is C12H20O4. The highest BCUT2D eigenvalue weighted by molar-refractivity contribution is 5.66. The molecule has 16 heavy (non-hydrogen) atoms. The van der Waals surface area contributed by atoms with E-state index in [1.54, 1.807) is 0 Å². The number of allylic oxidation sites excluding steroid dienone is 1. The SMILES string of the molecule is CC(=O)OC(C)(C)[C@@H]1CC=C(C)[C@H](OO)C1. The fraction of sp³-hybridized carbons (Fsp3) is 0.750. The third kappa shape index (κ3) is 3.06. The van der Waals surface area contributed by atoms with E-state index in [0.717, 1.165) is 12.0 Å². The topological polar surface area (TPSA) is 55.8 Å². The van der Waals surface area contributed by atoms with Gasteiger partial charge in [-0.1, -0.05) is 6.08 Å². The molecule has 1 aliphatic rings. The van der Waals surface area contributed by atoms with E-state index in [-0.39, 0.29) is 18.0 Å². The van der Waals surface area contributed by atoms with Crippen LogP contribution in [0.3, 0.4) is 0 Å². The zero-order valence-electron chi connectivity index (χ0n) is 10.3. The lowest BCUT2D eigenvalue weighted by molar-refractivity contribution is -0.275. The first-order chi connectivity index (χ1) is 7.36. The molecule has 0 unspecified atom stereocenters. The Hall–Kier alpha value is -0.870. The summed E-state index contributed by atoms with van der Waals surface area (Å²) < 4.78 is 5.30. The highest BCUT2D eigenvalue weighted by atomic mass is 17.1. The molecule has 1 rings (SSSR count). The van der Waals surface area contributed by atoms with Crippen molar-refractivity contribution < 1.29 is 19.7 Å². The van der Waals surface area contributed by atoms with Gasteiger partial charge in [0.05, 0.1) is 0 Å². The summed E-state index contributed by atoms with van der Waals surface area (Å²) in [6, 6.07) is 0. The van der Waals surface area contributed by atoms with Gasteiger partial charge in [0.1, 0.15) is 11.7 Å². The lowest BCUT2D eigenvalue weighted by atomic mass is 9.78. The van der Waals surface area contributed by atoms with Crippen molar-refractivity contribution in [3.63, 3.8) is 0 Å². The molecule has 0 radical (unpaired) electrons. The van der Waals surface area contributed by atoms with Crippen molar-refractivity contribution in [3.05, 3.63) is 11.6 Å². The van der Waals surface area contributed by atoms with Crippen LogP contribution >= 0.6 is 0 Å². The van der Waals surface area contributed by atoms with Crippen LogP contribution in [-0.4, -0.2) is 22.9 Å². The highest BCUT2D eigenvalue weighted by Crippen LogP contribution is 2.35. The summed E-state index contributed by atoms with van der Waals surface area (Å²) in [5.41, 5.74) is 0.497. The molecular weight excluding hydrogens is 208 g/mol. The van der Waals surface area contributed by atoms with Gasteiger partial charge in [0.15, 0.2) is 0 Å². The Kier molecular flexibility index (Phi) is 4.10. The first-order valence-electron chi connectivity index (χ1n) is 5.53. The zero-order chi connectivity index (χ0) is 12.3. The van der Waals surface area contributed by atoms with Gasteiger partial charge in [-0.25, -0.2) is 4.89 Å². The van der Waals surface area contributed by atoms with E-state index >= 15 is 0 Å². The minimum Gasteiger partial charge on any atom is -0.460 e. The van der Waals surface area contributed by atoms with Crippen LogP contribution in [0.2, 0.25) is 0 Å². The number of carbonyl (C=O) groups is 1. The Morgan fingerprint density at radius 3 is 2.69 bits per heavy atom. The molecule has 92 valence electrons. The number of hydrogen-bond acceptors (Lipinski definition) is 4. The maximum Gasteiger partial charge on any atom is 0.303 e. The summed E-state index contributed by atoms with van der Waals surface area (Å²) in [6.45, 7) is 7.12. The summed E-state index contributed by atoms with van der Waals surface area (Å²) in [6.07, 6.45) is 3.25. The first kappa shape index (κ1) is 13.2. The smallest absolute Gasteiger partial charge is 0.303 e. The van der Waals surface area contributed by atoms with Gasteiger partial charge in [0.2, 0.25) is 0 Å². The predicted octanol–water partition coefficient (Wildman–Crippen LogP) is 2.54. The predicted molar refractivity (Wildman–Crippen MR) is 59.8 cm³/mol. The Balaban J connectivity index is 2.72. The number of hydrogen-bond donors (Lipinski definition) is 1. The fourth-order valence-corrected chi connectivity index (χ4v) is 2.15. The zero-order valence-corrected chi connectivity index (χ0v) is 10.3. The lowest BCUT2D eigenvalue weighted by Gasteiger charge is -2.37. The molecule has 0 amide bonds. The van der Waals surface area contributed by atoms with Gasteiger partial charge in [-0.2, -0.15) is 0 Å². The summed E-state index contributed by atoms with van der Waals surface area (Å²) in [5, 5.41) is 8.78. The van der Waals surface area contributed by atoms with Gasteiger partial charge < -0.3 is 4.74 Å². The van der Waals surface area contributed by atoms with E-state index in [9.17, 15) is 4.79 Å². The van der Waals surface area contributed by atoms with Crippen LogP contribution in [0.15, 0.2) is 11.6 Å². The molecule has 0 aliphatic heterocycles. The Bertz CT molecular complexity index is 293. The maximum atomic E-state index is 11.0. The van der Waals surface area contributed by atoms with Crippen molar-refractivity contribution in [1.82, 2.24) is 0 Å². The number of carbonyl (C=O) groups excluding carboxylic acids is 1. The van der Waals surface area contributed by atoms with Crippen LogP contribution in [0.4, 0.5) is 0 Å². The average Bonchev–Trinajstić information content (AvgIpc) is 2.16. The van der Waals surface area contributed by atoms with E-state index in [2.05, 4.69) is 4.89 Å². The highest BCUT2D eigenvalue weighted by Gasteiger charge is 2.36. The molecule has 2 atom stereocenters. The second-order valence-corrected chi connectivity index (χ2v) is 4.91. The first-order valence-corrected chi connectivity index (χ1v) is 5.53.